The maximum Gasteiger partial charge on any atom is 0.226 e. The van der Waals surface area contributed by atoms with Crippen LogP contribution in [0.4, 0.5) is 0 Å². The molecule has 2 aliphatic heterocycles. The van der Waals surface area contributed by atoms with Crippen LogP contribution < -0.4 is 4.74 Å². The van der Waals surface area contributed by atoms with Gasteiger partial charge in [-0.1, -0.05) is 41.9 Å². The molecular weight excluding hydrogens is 374 g/mol. The van der Waals surface area contributed by atoms with E-state index in [9.17, 15) is 9.59 Å². The summed E-state index contributed by atoms with van der Waals surface area (Å²) < 4.78 is 6.38. The number of carbonyl (C=O) groups excluding carboxylic acids is 2. The Morgan fingerprint density at radius 3 is 2.54 bits per heavy atom. The van der Waals surface area contributed by atoms with Crippen molar-refractivity contribution in [2.24, 2.45) is 0 Å². The smallest absolute Gasteiger partial charge is 0.226 e. The average molecular weight is 398 g/mol. The molecule has 0 aliphatic carbocycles. The van der Waals surface area contributed by atoms with Gasteiger partial charge < -0.3 is 9.64 Å². The average Bonchev–Trinajstić information content (AvgIpc) is 2.67. The molecule has 0 atom stereocenters. The summed E-state index contributed by atoms with van der Waals surface area (Å²) in [7, 11) is 0. The standard InChI is InChI=1S/C23H24ClNO3/c1-15-12-19-21(16(2)22(15)24)18(26)14-23(28-19)8-10-25(11-9-23)20(27)13-17-6-4-3-5-7-17/h3-7,12H,8-11,13-14H2,1-2H3. The Bertz CT molecular complexity index is 931. The molecule has 0 aromatic heterocycles. The Morgan fingerprint density at radius 2 is 1.86 bits per heavy atom. The molecule has 1 amide bonds. The van der Waals surface area contributed by atoms with Gasteiger partial charge in [-0.15, -0.1) is 0 Å². The number of piperidine rings is 1. The summed E-state index contributed by atoms with van der Waals surface area (Å²) >= 11 is 6.33. The van der Waals surface area contributed by atoms with Gasteiger partial charge in [-0.3, -0.25) is 9.59 Å². The molecule has 4 nitrogen and oxygen atoms in total. The van der Waals surface area contributed by atoms with Crippen LogP contribution in [0.5, 0.6) is 5.75 Å². The Morgan fingerprint density at radius 1 is 1.18 bits per heavy atom. The third-order valence-electron chi connectivity index (χ3n) is 5.96. The largest absolute Gasteiger partial charge is 0.486 e. The number of fused-ring (bicyclic) bond motifs is 1. The molecule has 0 saturated carbocycles. The molecular formula is C23H24ClNO3. The molecule has 1 fully saturated rings. The van der Waals surface area contributed by atoms with Gasteiger partial charge in [-0.05, 0) is 36.6 Å². The summed E-state index contributed by atoms with van der Waals surface area (Å²) in [5.74, 6) is 0.853. The highest BCUT2D eigenvalue weighted by molar-refractivity contribution is 6.32. The highest BCUT2D eigenvalue weighted by Crippen LogP contribution is 2.43. The second kappa shape index (κ2) is 7.25. The third-order valence-corrected chi connectivity index (χ3v) is 6.54. The van der Waals surface area contributed by atoms with Crippen molar-refractivity contribution in [1.82, 2.24) is 4.90 Å². The number of ketones is 1. The fraction of sp³-hybridized carbons (Fsp3) is 0.391. The topological polar surface area (TPSA) is 46.6 Å². The van der Waals surface area contributed by atoms with Crippen LogP contribution in [0.15, 0.2) is 36.4 Å². The van der Waals surface area contributed by atoms with Crippen molar-refractivity contribution in [2.45, 2.75) is 45.1 Å². The fourth-order valence-electron chi connectivity index (χ4n) is 4.32. The third kappa shape index (κ3) is 3.42. The summed E-state index contributed by atoms with van der Waals surface area (Å²) in [4.78, 5) is 27.4. The zero-order valence-electron chi connectivity index (χ0n) is 16.3. The van der Waals surface area contributed by atoms with Crippen molar-refractivity contribution in [3.05, 3.63) is 63.7 Å². The number of Topliss-reactive ketones (excluding diaryl/α,β-unsaturated/α-hetero) is 1. The summed E-state index contributed by atoms with van der Waals surface area (Å²) in [6, 6.07) is 11.7. The number of halogens is 1. The highest BCUT2D eigenvalue weighted by atomic mass is 35.5. The van der Waals surface area contributed by atoms with E-state index in [0.29, 0.717) is 55.1 Å². The predicted octanol–water partition coefficient (Wildman–Crippen LogP) is 4.53. The molecule has 1 saturated heterocycles. The van der Waals surface area contributed by atoms with Crippen LogP contribution >= 0.6 is 11.6 Å². The second-order valence-corrected chi connectivity index (χ2v) is 8.31. The van der Waals surface area contributed by atoms with Gasteiger partial charge >= 0.3 is 0 Å². The Hall–Kier alpha value is -2.33. The molecule has 1 spiro atoms. The van der Waals surface area contributed by atoms with Crippen molar-refractivity contribution >= 4 is 23.3 Å². The number of aryl methyl sites for hydroxylation is 1. The minimum atomic E-state index is -0.514. The zero-order valence-corrected chi connectivity index (χ0v) is 17.0. The normalized spacial score (nSPS) is 18.0. The number of likely N-dealkylation sites (tertiary alicyclic amines) is 1. The lowest BCUT2D eigenvalue weighted by Gasteiger charge is -2.44. The van der Waals surface area contributed by atoms with E-state index in [2.05, 4.69) is 0 Å². The van der Waals surface area contributed by atoms with Gasteiger partial charge in [0, 0.05) is 31.0 Å². The first-order valence-electron chi connectivity index (χ1n) is 9.72. The molecule has 2 aromatic rings. The number of ether oxygens (including phenoxy) is 1. The monoisotopic (exact) mass is 397 g/mol. The second-order valence-electron chi connectivity index (χ2n) is 7.93. The number of carbonyl (C=O) groups is 2. The Balaban J connectivity index is 1.47. The summed E-state index contributed by atoms with van der Waals surface area (Å²) in [6.07, 6.45) is 2.09. The lowest BCUT2D eigenvalue weighted by atomic mass is 9.81. The summed E-state index contributed by atoms with van der Waals surface area (Å²) in [5, 5.41) is 0.632. The van der Waals surface area contributed by atoms with E-state index < -0.39 is 5.60 Å². The molecule has 4 rings (SSSR count). The molecule has 2 aromatic carbocycles. The first kappa shape index (κ1) is 19.0. The number of rotatable bonds is 2. The fourth-order valence-corrected chi connectivity index (χ4v) is 4.47. The zero-order chi connectivity index (χ0) is 19.9. The molecule has 0 radical (unpaired) electrons. The molecule has 0 N–H and O–H groups in total. The van der Waals surface area contributed by atoms with Gasteiger partial charge in [0.2, 0.25) is 5.91 Å². The number of nitrogens with zero attached hydrogens (tertiary/aromatic N) is 1. The van der Waals surface area contributed by atoms with Crippen molar-refractivity contribution in [1.29, 1.82) is 0 Å². The lowest BCUT2D eigenvalue weighted by molar-refractivity contribution is -0.134. The predicted molar refractivity (Wildman–Crippen MR) is 109 cm³/mol. The van der Waals surface area contributed by atoms with Crippen molar-refractivity contribution in [3.63, 3.8) is 0 Å². The summed E-state index contributed by atoms with van der Waals surface area (Å²) in [6.45, 7) is 5.02. The highest BCUT2D eigenvalue weighted by Gasteiger charge is 2.44. The molecule has 28 heavy (non-hydrogen) atoms. The number of hydrogen-bond donors (Lipinski definition) is 0. The van der Waals surface area contributed by atoms with Crippen LogP contribution in [0.1, 0.15) is 46.3 Å². The first-order chi connectivity index (χ1) is 13.4. The van der Waals surface area contributed by atoms with Gasteiger partial charge in [-0.25, -0.2) is 0 Å². The van der Waals surface area contributed by atoms with Crippen LogP contribution in [0.25, 0.3) is 0 Å². The SMILES string of the molecule is Cc1cc2c(c(C)c1Cl)C(=O)CC1(CCN(C(=O)Cc3ccccc3)CC1)O2. The van der Waals surface area contributed by atoms with E-state index in [1.54, 1.807) is 0 Å². The molecule has 5 heteroatoms. The Kier molecular flexibility index (Phi) is 4.92. The van der Waals surface area contributed by atoms with E-state index in [-0.39, 0.29) is 11.7 Å². The van der Waals surface area contributed by atoms with Crippen LogP contribution in [-0.2, 0) is 11.2 Å². The quantitative estimate of drug-likeness (QED) is 0.748. The van der Waals surface area contributed by atoms with Gasteiger partial charge in [0.1, 0.15) is 11.4 Å². The van der Waals surface area contributed by atoms with Crippen molar-refractivity contribution in [3.8, 4) is 5.75 Å². The molecule has 2 aliphatic rings. The number of hydrogen-bond acceptors (Lipinski definition) is 3. The minimum absolute atomic E-state index is 0.0877. The first-order valence-corrected chi connectivity index (χ1v) is 10.1. The maximum atomic E-state index is 12.9. The molecule has 2 heterocycles. The van der Waals surface area contributed by atoms with Crippen LogP contribution in [0.3, 0.4) is 0 Å². The van der Waals surface area contributed by atoms with E-state index in [4.69, 9.17) is 16.3 Å². The summed E-state index contributed by atoms with van der Waals surface area (Å²) in [5.41, 5.74) is 2.84. The van der Waals surface area contributed by atoms with Crippen molar-refractivity contribution in [2.75, 3.05) is 13.1 Å². The number of benzene rings is 2. The maximum absolute atomic E-state index is 12.9. The van der Waals surface area contributed by atoms with Crippen LogP contribution in [-0.4, -0.2) is 35.3 Å². The van der Waals surface area contributed by atoms with Crippen molar-refractivity contribution < 1.29 is 14.3 Å². The minimum Gasteiger partial charge on any atom is -0.486 e. The van der Waals surface area contributed by atoms with E-state index in [0.717, 1.165) is 16.7 Å². The van der Waals surface area contributed by atoms with Crippen LogP contribution in [0, 0.1) is 13.8 Å². The molecule has 0 unspecified atom stereocenters. The van der Waals surface area contributed by atoms with Gasteiger partial charge in [0.05, 0.1) is 18.4 Å². The van der Waals surface area contributed by atoms with E-state index in [1.165, 1.54) is 0 Å². The Labute approximate surface area is 170 Å². The van der Waals surface area contributed by atoms with Gasteiger partial charge in [0.15, 0.2) is 5.78 Å². The molecule has 146 valence electrons. The van der Waals surface area contributed by atoms with E-state index >= 15 is 0 Å². The lowest BCUT2D eigenvalue weighted by Crippen LogP contribution is -2.52. The van der Waals surface area contributed by atoms with Crippen LogP contribution in [0.2, 0.25) is 5.02 Å². The molecule has 0 bridgehead atoms. The number of amides is 1. The van der Waals surface area contributed by atoms with Gasteiger partial charge in [-0.2, -0.15) is 0 Å². The van der Waals surface area contributed by atoms with Gasteiger partial charge in [0.25, 0.3) is 0 Å². The van der Waals surface area contributed by atoms with E-state index in [1.807, 2.05) is 55.1 Å².